The molecule has 0 aliphatic heterocycles. The molecular formula is C12H12ClN3OS. The lowest BCUT2D eigenvalue weighted by Gasteiger charge is -2.04. The molecule has 0 amide bonds. The molecular weight excluding hydrogens is 270 g/mol. The molecule has 0 radical (unpaired) electrons. The predicted octanol–water partition coefficient (Wildman–Crippen LogP) is 3.13. The van der Waals surface area contributed by atoms with E-state index in [1.165, 1.54) is 18.7 Å². The van der Waals surface area contributed by atoms with E-state index in [9.17, 15) is 4.79 Å². The Kier molecular flexibility index (Phi) is 3.73. The zero-order valence-corrected chi connectivity index (χ0v) is 11.8. The lowest BCUT2D eigenvalue weighted by atomic mass is 10.1. The highest BCUT2D eigenvalue weighted by Crippen LogP contribution is 2.29. The largest absolute Gasteiger partial charge is 0.309 e. The highest BCUT2D eigenvalue weighted by Gasteiger charge is 2.10. The average molecular weight is 282 g/mol. The Morgan fingerprint density at radius 1 is 1.39 bits per heavy atom. The Hall–Kier alpha value is -1.33. The summed E-state index contributed by atoms with van der Waals surface area (Å²) in [5.41, 5.74) is 0.537. The molecule has 0 fully saturated rings. The maximum absolute atomic E-state index is 11.3. The Bertz CT molecular complexity index is 609. The van der Waals surface area contributed by atoms with Crippen molar-refractivity contribution >= 4 is 29.1 Å². The van der Waals surface area contributed by atoms with Crippen LogP contribution in [-0.4, -0.2) is 20.5 Å². The number of Topliss-reactive ketones (excluding diaryl/α,β-unsaturated/α-hetero) is 1. The minimum absolute atomic E-state index is 0.0361. The van der Waals surface area contributed by atoms with E-state index in [2.05, 4.69) is 10.2 Å². The number of hydrogen-bond acceptors (Lipinski definition) is 4. The Balaban J connectivity index is 2.28. The molecule has 1 heterocycles. The van der Waals surface area contributed by atoms with Gasteiger partial charge in [-0.2, -0.15) is 0 Å². The second-order valence-corrected chi connectivity index (χ2v) is 5.34. The maximum atomic E-state index is 11.3. The molecule has 0 unspecified atom stereocenters. The van der Waals surface area contributed by atoms with Gasteiger partial charge >= 0.3 is 0 Å². The Morgan fingerprint density at radius 2 is 2.11 bits per heavy atom. The first-order valence-corrected chi connectivity index (χ1v) is 6.53. The summed E-state index contributed by atoms with van der Waals surface area (Å²) < 4.78 is 1.90. The standard InChI is InChI=1S/C12H12ClN3OS/c1-7(17)10-5-4-9(6-11(10)13)18-12-15-14-8(2)16(12)3/h4-6H,1-3H3. The molecule has 2 aromatic rings. The summed E-state index contributed by atoms with van der Waals surface area (Å²) in [5.74, 6) is 0.815. The average Bonchev–Trinajstić information content (AvgIpc) is 2.61. The highest BCUT2D eigenvalue weighted by molar-refractivity contribution is 7.99. The second kappa shape index (κ2) is 5.12. The molecule has 4 nitrogen and oxygen atoms in total. The van der Waals surface area contributed by atoms with Crippen molar-refractivity contribution in [2.24, 2.45) is 7.05 Å². The number of carbonyl (C=O) groups is 1. The van der Waals surface area contributed by atoms with Gasteiger partial charge in [0.15, 0.2) is 10.9 Å². The van der Waals surface area contributed by atoms with Crippen molar-refractivity contribution in [1.82, 2.24) is 14.8 Å². The van der Waals surface area contributed by atoms with Gasteiger partial charge in [-0.25, -0.2) is 0 Å². The Morgan fingerprint density at radius 3 is 2.61 bits per heavy atom. The van der Waals surface area contributed by atoms with Gasteiger partial charge in [0.05, 0.1) is 5.02 Å². The molecule has 0 aliphatic carbocycles. The summed E-state index contributed by atoms with van der Waals surface area (Å²) in [7, 11) is 1.91. The van der Waals surface area contributed by atoms with Crippen molar-refractivity contribution in [3.8, 4) is 0 Å². The van der Waals surface area contributed by atoms with Gasteiger partial charge in [-0.05, 0) is 43.8 Å². The predicted molar refractivity (Wildman–Crippen MR) is 71.3 cm³/mol. The molecule has 1 aromatic carbocycles. The van der Waals surface area contributed by atoms with Crippen LogP contribution in [0.2, 0.25) is 5.02 Å². The maximum Gasteiger partial charge on any atom is 0.195 e. The number of nitrogens with zero attached hydrogens (tertiary/aromatic N) is 3. The molecule has 94 valence electrons. The van der Waals surface area contributed by atoms with E-state index in [-0.39, 0.29) is 5.78 Å². The van der Waals surface area contributed by atoms with E-state index in [1.54, 1.807) is 12.1 Å². The fourth-order valence-corrected chi connectivity index (χ4v) is 2.68. The summed E-state index contributed by atoms with van der Waals surface area (Å²) in [6.07, 6.45) is 0. The van der Waals surface area contributed by atoms with Crippen LogP contribution < -0.4 is 0 Å². The topological polar surface area (TPSA) is 47.8 Å². The molecule has 2 rings (SSSR count). The summed E-state index contributed by atoms with van der Waals surface area (Å²) in [4.78, 5) is 12.2. The lowest BCUT2D eigenvalue weighted by Crippen LogP contribution is -1.95. The zero-order valence-electron chi connectivity index (χ0n) is 10.3. The molecule has 18 heavy (non-hydrogen) atoms. The van der Waals surface area contributed by atoms with Gasteiger partial charge in [-0.1, -0.05) is 11.6 Å². The molecule has 0 atom stereocenters. The van der Waals surface area contributed by atoms with Gasteiger partial charge in [-0.3, -0.25) is 4.79 Å². The smallest absolute Gasteiger partial charge is 0.195 e. The number of halogens is 1. The van der Waals surface area contributed by atoms with Crippen molar-refractivity contribution in [1.29, 1.82) is 0 Å². The summed E-state index contributed by atoms with van der Waals surface area (Å²) in [5, 5.41) is 9.30. The molecule has 0 N–H and O–H groups in total. The van der Waals surface area contributed by atoms with E-state index < -0.39 is 0 Å². The first-order valence-electron chi connectivity index (χ1n) is 5.33. The lowest BCUT2D eigenvalue weighted by molar-refractivity contribution is 0.101. The third-order valence-electron chi connectivity index (χ3n) is 2.58. The first kappa shape index (κ1) is 13.1. The van der Waals surface area contributed by atoms with Crippen LogP contribution in [-0.2, 0) is 7.05 Å². The molecule has 0 bridgehead atoms. The molecule has 0 aliphatic rings. The van der Waals surface area contributed by atoms with Crippen LogP contribution in [0.3, 0.4) is 0 Å². The normalized spacial score (nSPS) is 10.7. The van der Waals surface area contributed by atoms with Crippen LogP contribution in [0.1, 0.15) is 23.1 Å². The van der Waals surface area contributed by atoms with Crippen LogP contribution >= 0.6 is 23.4 Å². The van der Waals surface area contributed by atoms with Crippen molar-refractivity contribution in [3.63, 3.8) is 0 Å². The van der Waals surface area contributed by atoms with Crippen molar-refractivity contribution < 1.29 is 4.79 Å². The van der Waals surface area contributed by atoms with Gasteiger partial charge in [0.1, 0.15) is 5.82 Å². The van der Waals surface area contributed by atoms with E-state index in [0.29, 0.717) is 10.6 Å². The second-order valence-electron chi connectivity index (χ2n) is 3.89. The van der Waals surface area contributed by atoms with Crippen LogP contribution in [0.4, 0.5) is 0 Å². The fourth-order valence-electron chi connectivity index (χ4n) is 1.43. The quantitative estimate of drug-likeness (QED) is 0.811. The zero-order chi connectivity index (χ0) is 13.3. The third kappa shape index (κ3) is 2.57. The first-order chi connectivity index (χ1) is 8.49. The van der Waals surface area contributed by atoms with E-state index in [4.69, 9.17) is 11.6 Å². The van der Waals surface area contributed by atoms with E-state index in [0.717, 1.165) is 15.9 Å². The van der Waals surface area contributed by atoms with Crippen LogP contribution in [0, 0.1) is 6.92 Å². The van der Waals surface area contributed by atoms with Crippen LogP contribution in [0.15, 0.2) is 28.3 Å². The fraction of sp³-hybridized carbons (Fsp3) is 0.250. The molecule has 0 saturated heterocycles. The SMILES string of the molecule is CC(=O)c1ccc(Sc2nnc(C)n2C)cc1Cl. The number of carbonyl (C=O) groups excluding carboxylic acids is 1. The highest BCUT2D eigenvalue weighted by atomic mass is 35.5. The monoisotopic (exact) mass is 281 g/mol. The Labute approximate surface area is 114 Å². The number of aryl methyl sites for hydroxylation is 1. The summed E-state index contributed by atoms with van der Waals surface area (Å²) in [6.45, 7) is 3.39. The van der Waals surface area contributed by atoms with Crippen LogP contribution in [0.25, 0.3) is 0 Å². The van der Waals surface area contributed by atoms with Gasteiger partial charge in [0.2, 0.25) is 0 Å². The molecule has 1 aromatic heterocycles. The summed E-state index contributed by atoms with van der Waals surface area (Å²) in [6, 6.07) is 5.36. The van der Waals surface area contributed by atoms with Crippen LogP contribution in [0.5, 0.6) is 0 Å². The number of hydrogen-bond donors (Lipinski definition) is 0. The minimum atomic E-state index is -0.0361. The minimum Gasteiger partial charge on any atom is -0.309 e. The van der Waals surface area contributed by atoms with E-state index >= 15 is 0 Å². The number of benzene rings is 1. The van der Waals surface area contributed by atoms with Crippen molar-refractivity contribution in [3.05, 3.63) is 34.6 Å². The van der Waals surface area contributed by atoms with Gasteiger partial charge in [0, 0.05) is 17.5 Å². The number of aromatic nitrogens is 3. The van der Waals surface area contributed by atoms with Crippen molar-refractivity contribution in [2.75, 3.05) is 0 Å². The number of ketones is 1. The molecule has 0 saturated carbocycles. The summed E-state index contributed by atoms with van der Waals surface area (Å²) >= 11 is 7.52. The van der Waals surface area contributed by atoms with Crippen molar-refractivity contribution in [2.45, 2.75) is 23.9 Å². The molecule has 6 heteroatoms. The van der Waals surface area contributed by atoms with Gasteiger partial charge in [-0.15, -0.1) is 10.2 Å². The third-order valence-corrected chi connectivity index (χ3v) is 3.92. The van der Waals surface area contributed by atoms with Gasteiger partial charge < -0.3 is 4.57 Å². The van der Waals surface area contributed by atoms with E-state index in [1.807, 2.05) is 24.6 Å². The molecule has 0 spiro atoms. The number of rotatable bonds is 3. The van der Waals surface area contributed by atoms with Gasteiger partial charge in [0.25, 0.3) is 0 Å².